The summed E-state index contributed by atoms with van der Waals surface area (Å²) in [5.74, 6) is 0.602. The molecule has 3 heterocycles. The largest absolute Gasteiger partial charge is 0.331 e. The summed E-state index contributed by atoms with van der Waals surface area (Å²) in [4.78, 5) is 21.7. The van der Waals surface area contributed by atoms with Gasteiger partial charge in [-0.3, -0.25) is 0 Å². The van der Waals surface area contributed by atoms with Crippen molar-refractivity contribution in [1.29, 1.82) is 0 Å². The Labute approximate surface area is 135 Å². The highest BCUT2D eigenvalue weighted by Gasteiger charge is 2.08. The van der Waals surface area contributed by atoms with Crippen LogP contribution in [0, 0.1) is 0 Å². The van der Waals surface area contributed by atoms with Gasteiger partial charge in [0.05, 0.1) is 0 Å². The molecule has 3 rings (SSSR count). The van der Waals surface area contributed by atoms with Crippen molar-refractivity contribution < 1.29 is 4.79 Å². The van der Waals surface area contributed by atoms with Gasteiger partial charge in [-0.1, -0.05) is 0 Å². The number of hydrogen-bond acceptors (Lipinski definition) is 4. The Balaban J connectivity index is 1.94. The second kappa shape index (κ2) is 5.72. The van der Waals surface area contributed by atoms with Gasteiger partial charge in [0, 0.05) is 54.3 Å². The number of pyridine rings is 2. The van der Waals surface area contributed by atoms with Crippen molar-refractivity contribution in [1.82, 2.24) is 24.6 Å². The summed E-state index contributed by atoms with van der Waals surface area (Å²) in [7, 11) is 3.36. The first kappa shape index (κ1) is 14.5. The summed E-state index contributed by atoms with van der Waals surface area (Å²) in [5.41, 5.74) is 1.28. The van der Waals surface area contributed by atoms with Crippen molar-refractivity contribution in [2.45, 2.75) is 0 Å². The van der Waals surface area contributed by atoms with Crippen LogP contribution in [0.25, 0.3) is 16.9 Å². The molecule has 22 heavy (non-hydrogen) atoms. The molecule has 0 aromatic carbocycles. The molecule has 0 unspecified atom stereocenters. The van der Waals surface area contributed by atoms with E-state index in [4.69, 9.17) is 0 Å². The SMILES string of the molecule is CN(C)C(=O)Nc1ccnc(-n2cc3cc(Br)cnc3n2)c1. The number of anilines is 1. The number of rotatable bonds is 2. The zero-order valence-corrected chi connectivity index (χ0v) is 13.6. The molecule has 0 fully saturated rings. The monoisotopic (exact) mass is 360 g/mol. The van der Waals surface area contributed by atoms with Gasteiger partial charge < -0.3 is 10.2 Å². The molecule has 0 atom stereocenters. The van der Waals surface area contributed by atoms with Crippen molar-refractivity contribution >= 4 is 38.7 Å². The highest BCUT2D eigenvalue weighted by molar-refractivity contribution is 9.10. The molecule has 0 radical (unpaired) electrons. The topological polar surface area (TPSA) is 75.9 Å². The Morgan fingerprint density at radius 3 is 2.91 bits per heavy atom. The van der Waals surface area contributed by atoms with Crippen LogP contribution in [0.1, 0.15) is 0 Å². The third-order valence-electron chi connectivity index (χ3n) is 2.96. The fraction of sp³-hybridized carbons (Fsp3) is 0.143. The number of hydrogen-bond donors (Lipinski definition) is 1. The number of urea groups is 1. The number of carbonyl (C=O) groups excluding carboxylic acids is 1. The molecule has 0 saturated carbocycles. The summed E-state index contributed by atoms with van der Waals surface area (Å²) >= 11 is 3.38. The van der Waals surface area contributed by atoms with E-state index in [0.717, 1.165) is 9.86 Å². The van der Waals surface area contributed by atoms with Crippen LogP contribution in [0.4, 0.5) is 10.5 Å². The van der Waals surface area contributed by atoms with Gasteiger partial charge in [0.1, 0.15) is 0 Å². The second-order valence-corrected chi connectivity index (χ2v) is 5.78. The van der Waals surface area contributed by atoms with Crippen molar-refractivity contribution in [3.8, 4) is 5.82 Å². The summed E-state index contributed by atoms with van der Waals surface area (Å²) < 4.78 is 2.52. The van der Waals surface area contributed by atoms with Gasteiger partial charge in [0.15, 0.2) is 11.5 Å². The summed E-state index contributed by atoms with van der Waals surface area (Å²) in [6.45, 7) is 0. The zero-order valence-electron chi connectivity index (χ0n) is 12.0. The van der Waals surface area contributed by atoms with Crippen LogP contribution in [0.2, 0.25) is 0 Å². The number of nitrogens with one attached hydrogen (secondary N) is 1. The molecule has 0 bridgehead atoms. The van der Waals surface area contributed by atoms with Crippen LogP contribution in [-0.2, 0) is 0 Å². The van der Waals surface area contributed by atoms with E-state index in [-0.39, 0.29) is 6.03 Å². The van der Waals surface area contributed by atoms with E-state index in [0.29, 0.717) is 17.2 Å². The zero-order chi connectivity index (χ0) is 15.7. The predicted molar refractivity (Wildman–Crippen MR) is 87.1 cm³/mol. The number of carbonyl (C=O) groups is 1. The molecule has 1 N–H and O–H groups in total. The Hall–Kier alpha value is -2.48. The summed E-state index contributed by atoms with van der Waals surface area (Å²) in [5, 5.41) is 8.06. The first-order chi connectivity index (χ1) is 10.5. The highest BCUT2D eigenvalue weighted by atomic mass is 79.9. The van der Waals surface area contributed by atoms with E-state index in [9.17, 15) is 4.79 Å². The van der Waals surface area contributed by atoms with Crippen LogP contribution in [-0.4, -0.2) is 44.8 Å². The molecule has 8 heteroatoms. The third kappa shape index (κ3) is 2.91. The molecule has 0 aliphatic carbocycles. The molecule has 0 aliphatic heterocycles. The van der Waals surface area contributed by atoms with Gasteiger partial charge in [-0.05, 0) is 28.1 Å². The van der Waals surface area contributed by atoms with Crippen molar-refractivity contribution in [2.24, 2.45) is 0 Å². The molecular formula is C14H13BrN6O. The quantitative estimate of drug-likeness (QED) is 0.762. The van der Waals surface area contributed by atoms with E-state index in [1.807, 2.05) is 12.3 Å². The number of halogens is 1. The molecule has 3 aromatic rings. The van der Waals surface area contributed by atoms with Crippen molar-refractivity contribution in [3.05, 3.63) is 41.3 Å². The van der Waals surface area contributed by atoms with Gasteiger partial charge in [-0.15, -0.1) is 5.10 Å². The molecular weight excluding hydrogens is 348 g/mol. The van der Waals surface area contributed by atoms with Gasteiger partial charge in [0.2, 0.25) is 0 Å². The maximum absolute atomic E-state index is 11.7. The first-order valence-electron chi connectivity index (χ1n) is 6.48. The van der Waals surface area contributed by atoms with E-state index in [1.54, 1.807) is 43.3 Å². The predicted octanol–water partition coefficient (Wildman–Crippen LogP) is 2.67. The lowest BCUT2D eigenvalue weighted by molar-refractivity contribution is 0.230. The molecule has 7 nitrogen and oxygen atoms in total. The van der Waals surface area contributed by atoms with Gasteiger partial charge in [-0.2, -0.15) is 0 Å². The molecule has 3 aromatic heterocycles. The van der Waals surface area contributed by atoms with Crippen molar-refractivity contribution in [3.63, 3.8) is 0 Å². The standard InChI is InChI=1S/C14H13BrN6O/c1-20(2)14(22)18-11-3-4-16-12(6-11)21-8-9-5-10(15)7-17-13(9)19-21/h3-8H,1-2H3,(H,16,18,22). The first-order valence-corrected chi connectivity index (χ1v) is 7.28. The maximum atomic E-state index is 11.7. The molecule has 112 valence electrons. The fourth-order valence-corrected chi connectivity index (χ4v) is 2.21. The van der Waals surface area contributed by atoms with E-state index in [2.05, 4.69) is 36.3 Å². The normalized spacial score (nSPS) is 10.7. The lowest BCUT2D eigenvalue weighted by atomic mass is 10.3. The van der Waals surface area contributed by atoms with E-state index in [1.165, 1.54) is 4.90 Å². The van der Waals surface area contributed by atoms with Gasteiger partial charge in [0.25, 0.3) is 0 Å². The van der Waals surface area contributed by atoms with E-state index >= 15 is 0 Å². The van der Waals surface area contributed by atoms with Crippen LogP contribution in [0.3, 0.4) is 0 Å². The van der Waals surface area contributed by atoms with Crippen LogP contribution in [0.5, 0.6) is 0 Å². The minimum absolute atomic E-state index is 0.201. The molecule has 2 amide bonds. The van der Waals surface area contributed by atoms with Gasteiger partial charge >= 0.3 is 6.03 Å². The average Bonchev–Trinajstić information content (AvgIpc) is 2.90. The summed E-state index contributed by atoms with van der Waals surface area (Å²) in [6, 6.07) is 5.21. The van der Waals surface area contributed by atoms with Crippen LogP contribution < -0.4 is 5.32 Å². The lowest BCUT2D eigenvalue weighted by Gasteiger charge is -2.12. The number of amides is 2. The molecule has 0 saturated heterocycles. The highest BCUT2D eigenvalue weighted by Crippen LogP contribution is 2.18. The van der Waals surface area contributed by atoms with Crippen LogP contribution in [0.15, 0.2) is 41.3 Å². The Morgan fingerprint density at radius 1 is 1.32 bits per heavy atom. The van der Waals surface area contributed by atoms with Crippen LogP contribution >= 0.6 is 15.9 Å². The fourth-order valence-electron chi connectivity index (χ4n) is 1.86. The van der Waals surface area contributed by atoms with Gasteiger partial charge in [-0.25, -0.2) is 19.4 Å². The number of aromatic nitrogens is 4. The number of fused-ring (bicyclic) bond motifs is 1. The van der Waals surface area contributed by atoms with Crippen molar-refractivity contribution in [2.75, 3.05) is 19.4 Å². The van der Waals surface area contributed by atoms with E-state index < -0.39 is 0 Å². The molecule has 0 spiro atoms. The minimum Gasteiger partial charge on any atom is -0.331 e. The number of nitrogens with zero attached hydrogens (tertiary/aromatic N) is 5. The Kier molecular flexibility index (Phi) is 3.76. The average molecular weight is 361 g/mol. The minimum atomic E-state index is -0.201. The second-order valence-electron chi connectivity index (χ2n) is 4.87. The summed E-state index contributed by atoms with van der Waals surface area (Å²) in [6.07, 6.45) is 5.16. The lowest BCUT2D eigenvalue weighted by Crippen LogP contribution is -2.27. The Bertz CT molecular complexity index is 844. The maximum Gasteiger partial charge on any atom is 0.321 e. The smallest absolute Gasteiger partial charge is 0.321 e. The molecule has 0 aliphatic rings. The Morgan fingerprint density at radius 2 is 2.14 bits per heavy atom. The third-order valence-corrected chi connectivity index (χ3v) is 3.40.